The number of aromatic amines is 1. The van der Waals surface area contributed by atoms with Gasteiger partial charge in [0.05, 0.1) is 17.8 Å². The fourth-order valence-electron chi connectivity index (χ4n) is 4.69. The van der Waals surface area contributed by atoms with Crippen LogP contribution in [0.25, 0.3) is 0 Å². The van der Waals surface area contributed by atoms with Crippen LogP contribution >= 0.6 is 0 Å². The number of aromatic nitrogens is 4. The number of hydrogen-bond donors (Lipinski definition) is 4. The number of fused-ring (bicyclic) bond motifs is 1. The molecule has 2 aromatic heterocycles. The van der Waals surface area contributed by atoms with Gasteiger partial charge in [0.25, 0.3) is 12.4 Å². The molecule has 4 N–H and O–H groups in total. The largest absolute Gasteiger partial charge is 0.483 e. The van der Waals surface area contributed by atoms with E-state index in [9.17, 15) is 9.59 Å². The summed E-state index contributed by atoms with van der Waals surface area (Å²) >= 11 is 0. The van der Waals surface area contributed by atoms with E-state index >= 15 is 0 Å². The normalized spacial score (nSPS) is 22.4. The summed E-state index contributed by atoms with van der Waals surface area (Å²) < 4.78 is 1.74. The number of aryl methyl sites for hydroxylation is 2. The van der Waals surface area contributed by atoms with E-state index in [-0.39, 0.29) is 24.3 Å². The zero-order valence-corrected chi connectivity index (χ0v) is 18.5. The average molecular weight is 446 g/mol. The second kappa shape index (κ2) is 10.4. The second-order valence-electron chi connectivity index (χ2n) is 8.31. The molecule has 174 valence electrons. The molecule has 0 aromatic carbocycles. The lowest BCUT2D eigenvalue weighted by Crippen LogP contribution is -2.57. The standard InChI is InChI=1S/C20H29N7O2.CH2O2/c1-14-12-27(25-24-14)10-8-22-19(29)20-6-3-4-9-26(20)13-16(11-20)23-18(28)17-5-7-21-15(17)2;2-1-3/h5,7,12,16,21H,3-4,6,8-11,13H2,1-2H3,(H,22,29)(H,23,28);1H,(H,2,3)/t16-,20-;/m0./s1. The molecule has 2 saturated heterocycles. The summed E-state index contributed by atoms with van der Waals surface area (Å²) in [5, 5.41) is 21.1. The first-order chi connectivity index (χ1) is 15.4. The van der Waals surface area contributed by atoms with Gasteiger partial charge in [-0.15, -0.1) is 5.10 Å². The van der Waals surface area contributed by atoms with E-state index in [2.05, 4.69) is 30.8 Å². The van der Waals surface area contributed by atoms with Crippen molar-refractivity contribution in [3.8, 4) is 0 Å². The van der Waals surface area contributed by atoms with Crippen molar-refractivity contribution in [3.63, 3.8) is 0 Å². The number of carboxylic acid groups (broad SMARTS) is 1. The van der Waals surface area contributed by atoms with Crippen LogP contribution in [0.3, 0.4) is 0 Å². The first-order valence-electron chi connectivity index (χ1n) is 10.8. The maximum atomic E-state index is 13.2. The summed E-state index contributed by atoms with van der Waals surface area (Å²) in [7, 11) is 0. The molecule has 2 aliphatic rings. The van der Waals surface area contributed by atoms with Gasteiger partial charge in [-0.25, -0.2) is 0 Å². The molecular formula is C21H31N7O4. The van der Waals surface area contributed by atoms with Gasteiger partial charge < -0.3 is 20.7 Å². The molecule has 2 aliphatic heterocycles. The minimum absolute atomic E-state index is 0.0291. The van der Waals surface area contributed by atoms with Crippen molar-refractivity contribution in [2.45, 2.75) is 57.7 Å². The van der Waals surface area contributed by atoms with E-state index in [0.29, 0.717) is 31.6 Å². The van der Waals surface area contributed by atoms with Gasteiger partial charge in [0, 0.05) is 37.2 Å². The van der Waals surface area contributed by atoms with Crippen LogP contribution in [0.2, 0.25) is 0 Å². The monoisotopic (exact) mass is 445 g/mol. The third kappa shape index (κ3) is 5.16. The number of nitrogens with one attached hydrogen (secondary N) is 3. The van der Waals surface area contributed by atoms with E-state index in [1.54, 1.807) is 16.9 Å². The molecule has 11 nitrogen and oxygen atoms in total. The molecule has 2 aromatic rings. The predicted octanol–water partition coefficient (Wildman–Crippen LogP) is 0.467. The Kier molecular flexibility index (Phi) is 7.62. The number of H-pyrrole nitrogens is 1. The van der Waals surface area contributed by atoms with Gasteiger partial charge in [0.15, 0.2) is 0 Å². The lowest BCUT2D eigenvalue weighted by molar-refractivity contribution is -0.134. The maximum absolute atomic E-state index is 13.2. The van der Waals surface area contributed by atoms with Crippen molar-refractivity contribution in [2.75, 3.05) is 19.6 Å². The second-order valence-corrected chi connectivity index (χ2v) is 8.31. The summed E-state index contributed by atoms with van der Waals surface area (Å²) in [6, 6.07) is 1.76. The van der Waals surface area contributed by atoms with Crippen molar-refractivity contribution in [1.82, 2.24) is 35.5 Å². The molecular weight excluding hydrogens is 414 g/mol. The van der Waals surface area contributed by atoms with E-state index in [1.165, 1.54) is 0 Å². The van der Waals surface area contributed by atoms with Crippen molar-refractivity contribution >= 4 is 18.3 Å². The number of carbonyl (C=O) groups is 3. The Morgan fingerprint density at radius 3 is 2.81 bits per heavy atom. The van der Waals surface area contributed by atoms with E-state index in [1.807, 2.05) is 20.0 Å². The highest BCUT2D eigenvalue weighted by atomic mass is 16.3. The molecule has 32 heavy (non-hydrogen) atoms. The van der Waals surface area contributed by atoms with Gasteiger partial charge >= 0.3 is 0 Å². The van der Waals surface area contributed by atoms with Gasteiger partial charge in [-0.2, -0.15) is 0 Å². The summed E-state index contributed by atoms with van der Waals surface area (Å²) in [4.78, 5) is 39.5. The van der Waals surface area contributed by atoms with Gasteiger partial charge in [-0.05, 0) is 52.1 Å². The number of hydrogen-bond acceptors (Lipinski definition) is 6. The lowest BCUT2D eigenvalue weighted by Gasteiger charge is -2.40. The number of carbonyl (C=O) groups excluding carboxylic acids is 2. The number of piperidine rings is 1. The van der Waals surface area contributed by atoms with Crippen LogP contribution in [0, 0.1) is 13.8 Å². The molecule has 4 heterocycles. The van der Waals surface area contributed by atoms with Gasteiger partial charge in [0.1, 0.15) is 5.54 Å². The SMILES string of the molecule is Cc1cn(CCNC(=O)[C@@]23CCCCN2C[C@@H](NC(=O)c2cc[nH]c2C)C3)nn1.O=CO. The van der Waals surface area contributed by atoms with Crippen LogP contribution in [0.1, 0.15) is 47.4 Å². The van der Waals surface area contributed by atoms with Crippen LogP contribution in [0.15, 0.2) is 18.5 Å². The minimum Gasteiger partial charge on any atom is -0.483 e. The molecule has 2 fully saturated rings. The maximum Gasteiger partial charge on any atom is 0.290 e. The van der Waals surface area contributed by atoms with Gasteiger partial charge in [0.2, 0.25) is 5.91 Å². The van der Waals surface area contributed by atoms with Crippen LogP contribution in [0.4, 0.5) is 0 Å². The molecule has 0 aliphatic carbocycles. The van der Waals surface area contributed by atoms with Crippen molar-refractivity contribution in [2.24, 2.45) is 0 Å². The number of rotatable bonds is 6. The Hall–Kier alpha value is -3.21. The Morgan fingerprint density at radius 2 is 2.16 bits per heavy atom. The zero-order valence-electron chi connectivity index (χ0n) is 18.5. The highest BCUT2D eigenvalue weighted by Gasteiger charge is 2.52. The first-order valence-corrected chi connectivity index (χ1v) is 10.8. The third-order valence-corrected chi connectivity index (χ3v) is 6.13. The molecule has 0 radical (unpaired) electrons. The fraction of sp³-hybridized carbons (Fsp3) is 0.571. The van der Waals surface area contributed by atoms with Crippen molar-refractivity contribution in [1.29, 1.82) is 0 Å². The molecule has 11 heteroatoms. The van der Waals surface area contributed by atoms with E-state index in [0.717, 1.165) is 37.2 Å². The van der Waals surface area contributed by atoms with Crippen LogP contribution in [-0.2, 0) is 16.1 Å². The van der Waals surface area contributed by atoms with E-state index in [4.69, 9.17) is 9.90 Å². The van der Waals surface area contributed by atoms with Crippen LogP contribution in [-0.4, -0.2) is 79.5 Å². The van der Waals surface area contributed by atoms with Crippen molar-refractivity contribution < 1.29 is 19.5 Å². The average Bonchev–Trinajstić information content (AvgIpc) is 3.46. The number of amides is 2. The quantitative estimate of drug-likeness (QED) is 0.473. The lowest BCUT2D eigenvalue weighted by atomic mass is 9.84. The summed E-state index contributed by atoms with van der Waals surface area (Å²) in [5.41, 5.74) is 1.85. The highest BCUT2D eigenvalue weighted by Crippen LogP contribution is 2.38. The number of nitrogens with zero attached hydrogens (tertiary/aromatic N) is 4. The van der Waals surface area contributed by atoms with E-state index < -0.39 is 5.54 Å². The Bertz CT molecular complexity index is 940. The fourth-order valence-corrected chi connectivity index (χ4v) is 4.69. The molecule has 0 spiro atoms. The Labute approximate surface area is 186 Å². The van der Waals surface area contributed by atoms with Crippen LogP contribution < -0.4 is 10.6 Å². The summed E-state index contributed by atoms with van der Waals surface area (Å²) in [5.74, 6) is -0.0191. The van der Waals surface area contributed by atoms with Crippen molar-refractivity contribution in [3.05, 3.63) is 35.4 Å². The van der Waals surface area contributed by atoms with Crippen LogP contribution in [0.5, 0.6) is 0 Å². The third-order valence-electron chi connectivity index (χ3n) is 6.13. The minimum atomic E-state index is -0.526. The first kappa shape index (κ1) is 23.5. The molecule has 2 atom stereocenters. The highest BCUT2D eigenvalue weighted by molar-refractivity contribution is 5.95. The topological polar surface area (TPSA) is 145 Å². The zero-order chi connectivity index (χ0) is 23.1. The predicted molar refractivity (Wildman–Crippen MR) is 116 cm³/mol. The smallest absolute Gasteiger partial charge is 0.290 e. The Balaban J connectivity index is 0.000000913. The molecule has 2 amide bonds. The summed E-state index contributed by atoms with van der Waals surface area (Å²) in [6.07, 6.45) is 7.23. The molecule has 4 rings (SSSR count). The molecule has 0 saturated carbocycles. The van der Waals surface area contributed by atoms with Gasteiger partial charge in [-0.1, -0.05) is 5.21 Å². The molecule has 0 bridgehead atoms. The van der Waals surface area contributed by atoms with Gasteiger partial charge in [-0.3, -0.25) is 24.0 Å². The molecule has 0 unspecified atom stereocenters. The summed E-state index contributed by atoms with van der Waals surface area (Å²) in [6.45, 7) is 6.24. The Morgan fingerprint density at radius 1 is 1.38 bits per heavy atom.